The zero-order valence-corrected chi connectivity index (χ0v) is 13.7. The molecule has 1 aliphatic rings. The molecule has 2 aromatic rings. The van der Waals surface area contributed by atoms with Gasteiger partial charge >= 0.3 is 0 Å². The number of fused-ring (bicyclic) bond motifs is 1. The van der Waals surface area contributed by atoms with Gasteiger partial charge in [-0.15, -0.1) is 0 Å². The lowest BCUT2D eigenvalue weighted by atomic mass is 9.95. The first-order valence-corrected chi connectivity index (χ1v) is 8.61. The second kappa shape index (κ2) is 5.24. The molecule has 5 nitrogen and oxygen atoms in total. The third-order valence-corrected chi connectivity index (χ3v) is 6.10. The molecule has 1 unspecified atom stereocenters. The van der Waals surface area contributed by atoms with Crippen LogP contribution in [0.5, 0.6) is 0 Å². The number of aromatic nitrogens is 2. The van der Waals surface area contributed by atoms with Crippen molar-refractivity contribution in [3.63, 3.8) is 0 Å². The minimum Gasteiger partial charge on any atom is -0.263 e. The van der Waals surface area contributed by atoms with E-state index in [1.165, 1.54) is 16.9 Å². The Morgan fingerprint density at radius 2 is 2.14 bits per heavy atom. The number of hydrogen-bond donors (Lipinski definition) is 0. The molecule has 0 fully saturated rings. The summed E-state index contributed by atoms with van der Waals surface area (Å²) in [6, 6.07) is 4.61. The van der Waals surface area contributed by atoms with E-state index in [2.05, 4.69) is 5.10 Å². The fourth-order valence-electron chi connectivity index (χ4n) is 2.73. The van der Waals surface area contributed by atoms with Gasteiger partial charge in [-0.05, 0) is 24.0 Å². The summed E-state index contributed by atoms with van der Waals surface area (Å²) >= 11 is 6.02. The predicted molar refractivity (Wildman–Crippen MR) is 82.0 cm³/mol. The van der Waals surface area contributed by atoms with Crippen LogP contribution in [0.2, 0.25) is 5.15 Å². The Morgan fingerprint density at radius 1 is 1.41 bits per heavy atom. The number of sulfonamides is 1. The van der Waals surface area contributed by atoms with Crippen LogP contribution in [0.15, 0.2) is 29.3 Å². The topological polar surface area (TPSA) is 55.2 Å². The van der Waals surface area contributed by atoms with Gasteiger partial charge in [0.1, 0.15) is 15.9 Å². The van der Waals surface area contributed by atoms with Crippen LogP contribution in [0.3, 0.4) is 0 Å². The standard InChI is InChI=1S/C14H15ClFN3O2S/c1-9-6-10-4-3-5-11(16)13(10)19(8-9)22(20,21)12-7-17-18(2)14(12)15/h3-5,7,9H,6,8H2,1-2H3. The molecule has 0 radical (unpaired) electrons. The third kappa shape index (κ3) is 2.28. The number of halogens is 2. The molecule has 118 valence electrons. The number of anilines is 1. The van der Waals surface area contributed by atoms with Gasteiger partial charge in [-0.2, -0.15) is 5.10 Å². The van der Waals surface area contributed by atoms with Crippen LogP contribution in [0, 0.1) is 11.7 Å². The summed E-state index contributed by atoms with van der Waals surface area (Å²) in [5, 5.41) is 3.87. The molecule has 3 rings (SSSR count). The molecule has 0 saturated carbocycles. The zero-order valence-electron chi connectivity index (χ0n) is 12.1. The van der Waals surface area contributed by atoms with E-state index in [-0.39, 0.29) is 28.2 Å². The second-order valence-corrected chi connectivity index (χ2v) is 7.70. The zero-order chi connectivity index (χ0) is 16.1. The second-order valence-electron chi connectivity index (χ2n) is 5.52. The predicted octanol–water partition coefficient (Wildman–Crippen LogP) is 2.60. The van der Waals surface area contributed by atoms with E-state index < -0.39 is 15.8 Å². The van der Waals surface area contributed by atoms with Gasteiger partial charge in [-0.3, -0.25) is 8.99 Å². The Morgan fingerprint density at radius 3 is 2.77 bits per heavy atom. The largest absolute Gasteiger partial charge is 0.269 e. The highest BCUT2D eigenvalue weighted by Gasteiger charge is 2.36. The van der Waals surface area contributed by atoms with Gasteiger partial charge in [0.15, 0.2) is 0 Å². The maximum Gasteiger partial charge on any atom is 0.269 e. The van der Waals surface area contributed by atoms with Crippen LogP contribution >= 0.6 is 11.6 Å². The maximum atomic E-state index is 14.2. The van der Waals surface area contributed by atoms with Crippen molar-refractivity contribution >= 4 is 27.3 Å². The molecule has 0 aliphatic carbocycles. The summed E-state index contributed by atoms with van der Waals surface area (Å²) in [5.41, 5.74) is 0.794. The summed E-state index contributed by atoms with van der Waals surface area (Å²) in [6.45, 7) is 2.14. The van der Waals surface area contributed by atoms with Gasteiger partial charge in [-0.1, -0.05) is 30.7 Å². The highest BCUT2D eigenvalue weighted by molar-refractivity contribution is 7.93. The lowest BCUT2D eigenvalue weighted by molar-refractivity contribution is 0.531. The Balaban J connectivity index is 2.19. The molecule has 0 saturated heterocycles. The van der Waals surface area contributed by atoms with Crippen LogP contribution < -0.4 is 4.31 Å². The Hall–Kier alpha value is -1.60. The molecule has 1 aliphatic heterocycles. The molecular weight excluding hydrogens is 329 g/mol. The van der Waals surface area contributed by atoms with Gasteiger partial charge in [0.2, 0.25) is 0 Å². The average Bonchev–Trinajstić information content (AvgIpc) is 2.78. The molecule has 0 bridgehead atoms. The number of hydrogen-bond acceptors (Lipinski definition) is 3. The highest BCUT2D eigenvalue weighted by atomic mass is 35.5. The third-order valence-electron chi connectivity index (χ3n) is 3.77. The van der Waals surface area contributed by atoms with Gasteiger partial charge in [0.25, 0.3) is 10.0 Å². The first-order valence-electron chi connectivity index (χ1n) is 6.80. The molecule has 1 atom stereocenters. The molecule has 8 heteroatoms. The van der Waals surface area contributed by atoms with Crippen LogP contribution in [-0.4, -0.2) is 24.7 Å². The van der Waals surface area contributed by atoms with Gasteiger partial charge in [0.05, 0.1) is 11.9 Å². The lowest BCUT2D eigenvalue weighted by Crippen LogP contribution is -2.39. The molecule has 0 N–H and O–H groups in total. The van der Waals surface area contributed by atoms with E-state index in [9.17, 15) is 12.8 Å². The summed E-state index contributed by atoms with van der Waals surface area (Å²) < 4.78 is 42.4. The summed E-state index contributed by atoms with van der Waals surface area (Å²) in [7, 11) is -2.41. The Kier molecular flexibility index (Phi) is 3.65. The molecule has 1 aromatic carbocycles. The summed E-state index contributed by atoms with van der Waals surface area (Å²) in [6.07, 6.45) is 1.83. The summed E-state index contributed by atoms with van der Waals surface area (Å²) in [4.78, 5) is -0.111. The van der Waals surface area contributed by atoms with Crippen molar-refractivity contribution in [1.82, 2.24) is 9.78 Å². The van der Waals surface area contributed by atoms with E-state index in [1.54, 1.807) is 19.2 Å². The van der Waals surface area contributed by atoms with Crippen molar-refractivity contribution in [2.24, 2.45) is 13.0 Å². The molecule has 22 heavy (non-hydrogen) atoms. The van der Waals surface area contributed by atoms with E-state index >= 15 is 0 Å². The Bertz CT molecular complexity index is 835. The van der Waals surface area contributed by atoms with E-state index in [4.69, 9.17) is 11.6 Å². The van der Waals surface area contributed by atoms with E-state index in [1.807, 2.05) is 6.92 Å². The van der Waals surface area contributed by atoms with Crippen LogP contribution in [-0.2, 0) is 23.5 Å². The van der Waals surface area contributed by atoms with Crippen molar-refractivity contribution in [2.45, 2.75) is 18.2 Å². The fourth-order valence-corrected chi connectivity index (χ4v) is 4.77. The molecule has 0 amide bonds. The van der Waals surface area contributed by atoms with Crippen LogP contribution in [0.25, 0.3) is 0 Å². The minimum absolute atomic E-state index is 0.0103. The van der Waals surface area contributed by atoms with E-state index in [0.29, 0.717) is 12.0 Å². The van der Waals surface area contributed by atoms with Gasteiger partial charge in [-0.25, -0.2) is 12.8 Å². The van der Waals surface area contributed by atoms with Crippen molar-refractivity contribution < 1.29 is 12.8 Å². The highest BCUT2D eigenvalue weighted by Crippen LogP contribution is 2.37. The quantitative estimate of drug-likeness (QED) is 0.842. The molecule has 0 spiro atoms. The molecule has 1 aromatic heterocycles. The number of aryl methyl sites for hydroxylation is 1. The number of nitrogens with zero attached hydrogens (tertiary/aromatic N) is 3. The van der Waals surface area contributed by atoms with Gasteiger partial charge < -0.3 is 0 Å². The number of benzene rings is 1. The van der Waals surface area contributed by atoms with Crippen molar-refractivity contribution in [3.05, 3.63) is 40.9 Å². The van der Waals surface area contributed by atoms with Crippen LogP contribution in [0.1, 0.15) is 12.5 Å². The average molecular weight is 344 g/mol. The summed E-state index contributed by atoms with van der Waals surface area (Å²) in [5.74, 6) is -0.465. The van der Waals surface area contributed by atoms with Crippen LogP contribution in [0.4, 0.5) is 10.1 Å². The molecule has 2 heterocycles. The number of rotatable bonds is 2. The van der Waals surface area contributed by atoms with Crippen molar-refractivity contribution in [3.8, 4) is 0 Å². The normalized spacial score (nSPS) is 18.4. The smallest absolute Gasteiger partial charge is 0.263 e. The maximum absolute atomic E-state index is 14.2. The van der Waals surface area contributed by atoms with Crippen molar-refractivity contribution in [1.29, 1.82) is 0 Å². The van der Waals surface area contributed by atoms with Crippen molar-refractivity contribution in [2.75, 3.05) is 10.8 Å². The monoisotopic (exact) mass is 343 g/mol. The first-order chi connectivity index (χ1) is 10.3. The SMILES string of the molecule is CC1Cc2cccc(F)c2N(S(=O)(=O)c2cnn(C)c2Cl)C1. The lowest BCUT2D eigenvalue weighted by Gasteiger charge is -2.33. The Labute approximate surface area is 133 Å². The first kappa shape index (κ1) is 15.3. The molecular formula is C14H15ClFN3O2S. The number of para-hydroxylation sites is 1. The fraction of sp³-hybridized carbons (Fsp3) is 0.357. The van der Waals surface area contributed by atoms with E-state index in [0.717, 1.165) is 4.31 Å². The minimum atomic E-state index is -3.96. The van der Waals surface area contributed by atoms with Gasteiger partial charge in [0, 0.05) is 13.6 Å².